The molecule has 0 radical (unpaired) electrons. The van der Waals surface area contributed by atoms with E-state index in [2.05, 4.69) is 6.58 Å². The average molecular weight is 242 g/mol. The van der Waals surface area contributed by atoms with Crippen LogP contribution < -0.4 is 0 Å². The third-order valence-corrected chi connectivity index (χ3v) is 2.18. The van der Waals surface area contributed by atoms with Gasteiger partial charge in [-0.05, 0) is 24.6 Å². The molecule has 0 spiro atoms. The molecule has 1 aromatic rings. The maximum atomic E-state index is 12.3. The number of hydrogen-bond donors (Lipinski definition) is 0. The van der Waals surface area contributed by atoms with E-state index in [0.29, 0.717) is 5.56 Å². The molecule has 0 aromatic heterocycles. The Balaban J connectivity index is 2.69. The summed E-state index contributed by atoms with van der Waals surface area (Å²) in [6.07, 6.45) is -3.92. The zero-order valence-corrected chi connectivity index (χ0v) is 9.47. The van der Waals surface area contributed by atoms with Gasteiger partial charge in [-0.25, -0.2) is 0 Å². The maximum absolute atomic E-state index is 12.3. The van der Waals surface area contributed by atoms with Gasteiger partial charge in [0.25, 0.3) is 0 Å². The van der Waals surface area contributed by atoms with Crippen LogP contribution in [0.2, 0.25) is 0 Å². The smallest absolute Gasteiger partial charge is 0.299 e. The number of carbonyl (C=O) groups is 1. The number of halogens is 3. The molecule has 17 heavy (non-hydrogen) atoms. The first-order valence-corrected chi connectivity index (χ1v) is 5.11. The fourth-order valence-corrected chi connectivity index (χ4v) is 1.44. The number of Topliss-reactive ketones (excluding diaryl/α,β-unsaturated/α-hetero) is 1. The van der Waals surface area contributed by atoms with E-state index in [1.165, 1.54) is 12.1 Å². The van der Waals surface area contributed by atoms with E-state index in [-0.39, 0.29) is 18.6 Å². The fraction of sp³-hybridized carbons (Fsp3) is 0.308. The molecule has 0 N–H and O–H groups in total. The lowest BCUT2D eigenvalue weighted by Crippen LogP contribution is -2.06. The van der Waals surface area contributed by atoms with Gasteiger partial charge in [0.15, 0.2) is 0 Å². The maximum Gasteiger partial charge on any atom is 0.416 e. The molecule has 92 valence electrons. The van der Waals surface area contributed by atoms with Crippen LogP contribution >= 0.6 is 0 Å². The van der Waals surface area contributed by atoms with E-state index < -0.39 is 11.7 Å². The molecule has 0 atom stereocenters. The predicted octanol–water partition coefficient (Wildman–Crippen LogP) is 3.78. The number of hydrogen-bond acceptors (Lipinski definition) is 1. The summed E-state index contributed by atoms with van der Waals surface area (Å²) in [6.45, 7) is 5.35. The third kappa shape index (κ3) is 4.43. The first-order valence-electron chi connectivity index (χ1n) is 5.11. The number of ketones is 1. The van der Waals surface area contributed by atoms with Crippen LogP contribution in [-0.4, -0.2) is 5.78 Å². The Morgan fingerprint density at radius 1 is 1.24 bits per heavy atom. The minimum absolute atomic E-state index is 0.0442. The van der Waals surface area contributed by atoms with Crippen molar-refractivity contribution < 1.29 is 18.0 Å². The van der Waals surface area contributed by atoms with Crippen LogP contribution in [0.4, 0.5) is 13.2 Å². The van der Waals surface area contributed by atoms with Gasteiger partial charge in [0.2, 0.25) is 0 Å². The molecular weight excluding hydrogens is 229 g/mol. The highest BCUT2D eigenvalue weighted by atomic mass is 19.4. The van der Waals surface area contributed by atoms with E-state index in [0.717, 1.165) is 17.7 Å². The lowest BCUT2D eigenvalue weighted by molar-refractivity contribution is -0.137. The number of alkyl halides is 3. The van der Waals surface area contributed by atoms with Crippen molar-refractivity contribution in [3.63, 3.8) is 0 Å². The molecule has 0 aliphatic rings. The molecule has 0 saturated carbocycles. The van der Waals surface area contributed by atoms with Gasteiger partial charge >= 0.3 is 6.18 Å². The molecule has 0 aliphatic heterocycles. The van der Waals surface area contributed by atoms with Gasteiger partial charge in [-0.2, -0.15) is 13.2 Å². The largest absolute Gasteiger partial charge is 0.416 e. The van der Waals surface area contributed by atoms with Crippen molar-refractivity contribution in [2.24, 2.45) is 0 Å². The van der Waals surface area contributed by atoms with E-state index >= 15 is 0 Å². The molecular formula is C13H13F3O. The monoisotopic (exact) mass is 242 g/mol. The van der Waals surface area contributed by atoms with Gasteiger partial charge in [0.1, 0.15) is 5.78 Å². The molecule has 0 saturated heterocycles. The highest BCUT2D eigenvalue weighted by molar-refractivity contribution is 5.82. The summed E-state index contributed by atoms with van der Waals surface area (Å²) in [7, 11) is 0. The average Bonchev–Trinajstić information content (AvgIpc) is 2.15. The van der Waals surface area contributed by atoms with Crippen LogP contribution in [0.15, 0.2) is 36.4 Å². The standard InChI is InChI=1S/C13H13F3O/c1-9(2)7-12(17)8-10-3-5-11(6-4-10)13(14,15)16/h3-6H,1,7-8H2,2H3. The Kier molecular flexibility index (Phi) is 4.10. The van der Waals surface area contributed by atoms with Crippen LogP contribution in [-0.2, 0) is 17.4 Å². The van der Waals surface area contributed by atoms with Crippen molar-refractivity contribution in [2.75, 3.05) is 0 Å². The second-order valence-corrected chi connectivity index (χ2v) is 4.04. The molecule has 0 heterocycles. The van der Waals surface area contributed by atoms with Crippen molar-refractivity contribution in [1.29, 1.82) is 0 Å². The summed E-state index contributed by atoms with van der Waals surface area (Å²) in [5, 5.41) is 0. The number of carbonyl (C=O) groups excluding carboxylic acids is 1. The molecule has 0 fully saturated rings. The highest BCUT2D eigenvalue weighted by Gasteiger charge is 2.29. The minimum atomic E-state index is -4.33. The lowest BCUT2D eigenvalue weighted by Gasteiger charge is -2.07. The molecule has 4 heteroatoms. The quantitative estimate of drug-likeness (QED) is 0.734. The Bertz CT molecular complexity index is 415. The van der Waals surface area contributed by atoms with Crippen molar-refractivity contribution >= 4 is 5.78 Å². The first kappa shape index (κ1) is 13.5. The second kappa shape index (κ2) is 5.17. The van der Waals surface area contributed by atoms with Crippen LogP contribution in [0.1, 0.15) is 24.5 Å². The van der Waals surface area contributed by atoms with Crippen molar-refractivity contribution in [3.05, 3.63) is 47.5 Å². The molecule has 1 aromatic carbocycles. The highest BCUT2D eigenvalue weighted by Crippen LogP contribution is 2.29. The van der Waals surface area contributed by atoms with Crippen molar-refractivity contribution in [3.8, 4) is 0 Å². The SMILES string of the molecule is C=C(C)CC(=O)Cc1ccc(C(F)(F)F)cc1. The van der Waals surface area contributed by atoms with Crippen LogP contribution in [0.5, 0.6) is 0 Å². The van der Waals surface area contributed by atoms with E-state index in [9.17, 15) is 18.0 Å². The first-order chi connectivity index (χ1) is 7.79. The predicted molar refractivity (Wildman–Crippen MR) is 59.6 cm³/mol. The second-order valence-electron chi connectivity index (χ2n) is 4.04. The van der Waals surface area contributed by atoms with Gasteiger partial charge in [-0.3, -0.25) is 4.79 Å². The number of rotatable bonds is 4. The Morgan fingerprint density at radius 3 is 2.18 bits per heavy atom. The minimum Gasteiger partial charge on any atom is -0.299 e. The molecule has 0 amide bonds. The topological polar surface area (TPSA) is 17.1 Å². The van der Waals surface area contributed by atoms with Crippen molar-refractivity contribution in [1.82, 2.24) is 0 Å². The third-order valence-electron chi connectivity index (χ3n) is 2.18. The Labute approximate surface area is 98.0 Å². The summed E-state index contributed by atoms with van der Waals surface area (Å²) in [5.74, 6) is -0.0442. The zero-order chi connectivity index (χ0) is 13.1. The van der Waals surface area contributed by atoms with Gasteiger partial charge in [-0.15, -0.1) is 0 Å². The summed E-state index contributed by atoms with van der Waals surface area (Å²) in [6, 6.07) is 4.64. The van der Waals surface area contributed by atoms with E-state index in [1.807, 2.05) is 0 Å². The fourth-order valence-electron chi connectivity index (χ4n) is 1.44. The Morgan fingerprint density at radius 2 is 1.76 bits per heavy atom. The van der Waals surface area contributed by atoms with Gasteiger partial charge in [0, 0.05) is 12.8 Å². The molecule has 1 rings (SSSR count). The van der Waals surface area contributed by atoms with Crippen LogP contribution in [0.25, 0.3) is 0 Å². The summed E-state index contributed by atoms with van der Waals surface area (Å²) >= 11 is 0. The molecule has 1 nitrogen and oxygen atoms in total. The van der Waals surface area contributed by atoms with E-state index in [4.69, 9.17) is 0 Å². The van der Waals surface area contributed by atoms with Gasteiger partial charge < -0.3 is 0 Å². The zero-order valence-electron chi connectivity index (χ0n) is 9.47. The number of benzene rings is 1. The van der Waals surface area contributed by atoms with Crippen LogP contribution in [0.3, 0.4) is 0 Å². The summed E-state index contributed by atoms with van der Waals surface area (Å²) < 4.78 is 36.8. The van der Waals surface area contributed by atoms with Crippen molar-refractivity contribution in [2.45, 2.75) is 25.9 Å². The summed E-state index contributed by atoms with van der Waals surface area (Å²) in [5.41, 5.74) is 0.639. The molecule has 0 bridgehead atoms. The van der Waals surface area contributed by atoms with Gasteiger partial charge in [-0.1, -0.05) is 24.3 Å². The molecule has 0 unspecified atom stereocenters. The van der Waals surface area contributed by atoms with Crippen LogP contribution in [0, 0.1) is 0 Å². The van der Waals surface area contributed by atoms with Gasteiger partial charge in [0.05, 0.1) is 5.56 Å². The summed E-state index contributed by atoms with van der Waals surface area (Å²) in [4.78, 5) is 11.4. The number of allylic oxidation sites excluding steroid dienone is 1. The van der Waals surface area contributed by atoms with E-state index in [1.54, 1.807) is 6.92 Å². The lowest BCUT2D eigenvalue weighted by atomic mass is 10.0. The normalized spacial score (nSPS) is 11.3. The Hall–Kier alpha value is -1.58. The molecule has 0 aliphatic carbocycles.